The van der Waals surface area contributed by atoms with Gasteiger partial charge in [-0.1, -0.05) is 11.3 Å². The first kappa shape index (κ1) is 11.4. The van der Waals surface area contributed by atoms with E-state index in [4.69, 9.17) is 5.73 Å². The summed E-state index contributed by atoms with van der Waals surface area (Å²) >= 11 is 1.06. The summed E-state index contributed by atoms with van der Waals surface area (Å²) in [5.41, 5.74) is 6.65. The zero-order valence-corrected chi connectivity index (χ0v) is 9.87. The average molecular weight is 253 g/mol. The fourth-order valence-electron chi connectivity index (χ4n) is 1.29. The standard InChI is InChI=1S/C9H11N5O2S/c1-14-7(10)6(3-12-14)8(15)11-2-5-4-17-9(16)13-5/h3-4H,2,10H2,1H3,(H,11,15)(H,13,16). The summed E-state index contributed by atoms with van der Waals surface area (Å²) in [6, 6.07) is 0. The lowest BCUT2D eigenvalue weighted by molar-refractivity contribution is 0.0951. The number of nitrogens with one attached hydrogen (secondary N) is 2. The van der Waals surface area contributed by atoms with Crippen molar-refractivity contribution < 1.29 is 4.79 Å². The number of rotatable bonds is 3. The molecule has 0 aliphatic heterocycles. The number of aromatic nitrogens is 3. The lowest BCUT2D eigenvalue weighted by Gasteiger charge is -2.02. The zero-order valence-electron chi connectivity index (χ0n) is 9.06. The molecule has 17 heavy (non-hydrogen) atoms. The molecule has 8 heteroatoms. The Kier molecular flexibility index (Phi) is 2.96. The number of H-pyrrole nitrogens is 1. The van der Waals surface area contributed by atoms with Crippen LogP contribution in [0, 0.1) is 0 Å². The number of nitrogens with zero attached hydrogens (tertiary/aromatic N) is 2. The van der Waals surface area contributed by atoms with Crippen LogP contribution in [0.1, 0.15) is 16.1 Å². The minimum Gasteiger partial charge on any atom is -0.383 e. The molecular formula is C9H11N5O2S. The molecule has 90 valence electrons. The molecule has 4 N–H and O–H groups in total. The fraction of sp³-hybridized carbons (Fsp3) is 0.222. The number of hydrogen-bond donors (Lipinski definition) is 3. The second-order valence-corrected chi connectivity index (χ2v) is 4.27. The topological polar surface area (TPSA) is 106 Å². The molecule has 1 amide bonds. The fourth-order valence-corrected chi connectivity index (χ4v) is 1.87. The third-order valence-electron chi connectivity index (χ3n) is 2.24. The van der Waals surface area contributed by atoms with E-state index < -0.39 is 0 Å². The highest BCUT2D eigenvalue weighted by atomic mass is 32.1. The molecule has 0 saturated carbocycles. The van der Waals surface area contributed by atoms with E-state index in [2.05, 4.69) is 15.4 Å². The van der Waals surface area contributed by atoms with Crippen molar-refractivity contribution in [2.45, 2.75) is 6.54 Å². The number of nitrogen functional groups attached to an aromatic ring is 1. The van der Waals surface area contributed by atoms with Crippen molar-refractivity contribution in [3.8, 4) is 0 Å². The van der Waals surface area contributed by atoms with Crippen LogP contribution in [0.5, 0.6) is 0 Å². The van der Waals surface area contributed by atoms with E-state index in [1.807, 2.05) is 0 Å². The van der Waals surface area contributed by atoms with Crippen LogP contribution in [0.4, 0.5) is 5.82 Å². The van der Waals surface area contributed by atoms with E-state index >= 15 is 0 Å². The zero-order chi connectivity index (χ0) is 12.4. The van der Waals surface area contributed by atoms with Gasteiger partial charge in [0.25, 0.3) is 5.91 Å². The molecule has 0 saturated heterocycles. The maximum absolute atomic E-state index is 11.7. The predicted octanol–water partition coefficient (Wildman–Crippen LogP) is -0.318. The van der Waals surface area contributed by atoms with E-state index in [-0.39, 0.29) is 17.3 Å². The number of anilines is 1. The van der Waals surface area contributed by atoms with Crippen LogP contribution in [0.3, 0.4) is 0 Å². The van der Waals surface area contributed by atoms with Crippen molar-refractivity contribution >= 4 is 23.1 Å². The van der Waals surface area contributed by atoms with Gasteiger partial charge in [0.05, 0.1) is 12.7 Å². The Balaban J connectivity index is 2.03. The molecule has 0 unspecified atom stereocenters. The first-order valence-corrected chi connectivity index (χ1v) is 5.68. The highest BCUT2D eigenvalue weighted by Gasteiger charge is 2.13. The highest BCUT2D eigenvalue weighted by Crippen LogP contribution is 2.08. The lowest BCUT2D eigenvalue weighted by atomic mass is 10.3. The van der Waals surface area contributed by atoms with Crippen molar-refractivity contribution in [1.29, 1.82) is 0 Å². The number of nitrogens with two attached hydrogens (primary N) is 1. The molecule has 0 radical (unpaired) electrons. The van der Waals surface area contributed by atoms with Crippen molar-refractivity contribution in [2.24, 2.45) is 7.05 Å². The summed E-state index contributed by atoms with van der Waals surface area (Å²) < 4.78 is 1.42. The normalized spacial score (nSPS) is 10.4. The smallest absolute Gasteiger partial charge is 0.304 e. The van der Waals surface area contributed by atoms with Crippen molar-refractivity contribution in [2.75, 3.05) is 5.73 Å². The molecule has 2 aromatic rings. The molecule has 2 aromatic heterocycles. The van der Waals surface area contributed by atoms with Gasteiger partial charge >= 0.3 is 4.87 Å². The Bertz CT molecular complexity index is 597. The molecule has 2 rings (SSSR count). The van der Waals surface area contributed by atoms with Crippen LogP contribution in [0.25, 0.3) is 0 Å². The summed E-state index contributed by atoms with van der Waals surface area (Å²) in [6.07, 6.45) is 1.40. The Morgan fingerprint density at radius 1 is 1.71 bits per heavy atom. The quantitative estimate of drug-likeness (QED) is 0.697. The number of aryl methyl sites for hydroxylation is 1. The van der Waals surface area contributed by atoms with Gasteiger partial charge in [-0.2, -0.15) is 5.10 Å². The molecule has 0 spiro atoms. The molecule has 0 aliphatic carbocycles. The third-order valence-corrected chi connectivity index (χ3v) is 2.96. The Morgan fingerprint density at radius 2 is 2.47 bits per heavy atom. The van der Waals surface area contributed by atoms with Gasteiger partial charge in [0.15, 0.2) is 0 Å². The summed E-state index contributed by atoms with van der Waals surface area (Å²) in [5.74, 6) is -0.0102. The second-order valence-electron chi connectivity index (χ2n) is 3.42. The SMILES string of the molecule is Cn1ncc(C(=O)NCc2csc(=O)[nH]2)c1N. The van der Waals surface area contributed by atoms with Crippen molar-refractivity contribution in [3.63, 3.8) is 0 Å². The van der Waals surface area contributed by atoms with Gasteiger partial charge in [0.1, 0.15) is 11.4 Å². The van der Waals surface area contributed by atoms with Gasteiger partial charge in [-0.15, -0.1) is 0 Å². The largest absolute Gasteiger partial charge is 0.383 e. The molecule has 2 heterocycles. The van der Waals surface area contributed by atoms with Crippen LogP contribution in [-0.2, 0) is 13.6 Å². The number of thiazole rings is 1. The van der Waals surface area contributed by atoms with E-state index in [1.54, 1.807) is 12.4 Å². The lowest BCUT2D eigenvalue weighted by Crippen LogP contribution is -2.24. The minimum absolute atomic E-state index is 0.143. The Morgan fingerprint density at radius 3 is 3.00 bits per heavy atom. The van der Waals surface area contributed by atoms with Crippen LogP contribution in [0.2, 0.25) is 0 Å². The molecule has 0 atom stereocenters. The number of carbonyl (C=O) groups is 1. The summed E-state index contributed by atoms with van der Waals surface area (Å²) in [7, 11) is 1.66. The van der Waals surface area contributed by atoms with Crippen molar-refractivity contribution in [3.05, 3.63) is 32.5 Å². The summed E-state index contributed by atoms with van der Waals surface area (Å²) in [5, 5.41) is 8.18. The van der Waals surface area contributed by atoms with Gasteiger partial charge < -0.3 is 16.0 Å². The molecular weight excluding hydrogens is 242 g/mol. The Labute approximate surface area is 100 Å². The number of amides is 1. The molecule has 7 nitrogen and oxygen atoms in total. The second kappa shape index (κ2) is 4.42. The van der Waals surface area contributed by atoms with E-state index in [1.165, 1.54) is 10.9 Å². The monoisotopic (exact) mass is 253 g/mol. The van der Waals surface area contributed by atoms with Crippen LogP contribution < -0.4 is 15.9 Å². The first-order valence-electron chi connectivity index (χ1n) is 4.80. The van der Waals surface area contributed by atoms with Crippen LogP contribution in [0.15, 0.2) is 16.4 Å². The van der Waals surface area contributed by atoms with Crippen LogP contribution in [-0.4, -0.2) is 20.7 Å². The summed E-state index contributed by atoms with van der Waals surface area (Å²) in [4.78, 5) is 25.1. The Hall–Kier alpha value is -2.09. The maximum Gasteiger partial charge on any atom is 0.304 e. The van der Waals surface area contributed by atoms with E-state index in [0.29, 0.717) is 17.1 Å². The van der Waals surface area contributed by atoms with Crippen LogP contribution >= 0.6 is 11.3 Å². The number of aromatic amines is 1. The van der Waals surface area contributed by atoms with E-state index in [9.17, 15) is 9.59 Å². The van der Waals surface area contributed by atoms with Crippen molar-refractivity contribution in [1.82, 2.24) is 20.1 Å². The van der Waals surface area contributed by atoms with Gasteiger partial charge in [0.2, 0.25) is 0 Å². The van der Waals surface area contributed by atoms with Gasteiger partial charge in [-0.25, -0.2) is 0 Å². The summed E-state index contributed by atoms with van der Waals surface area (Å²) in [6.45, 7) is 0.256. The first-order chi connectivity index (χ1) is 8.08. The van der Waals surface area contributed by atoms with Gasteiger partial charge in [-0.3, -0.25) is 14.3 Å². The van der Waals surface area contributed by atoms with Gasteiger partial charge in [0, 0.05) is 18.1 Å². The molecule has 0 aromatic carbocycles. The molecule has 0 bridgehead atoms. The molecule has 0 aliphatic rings. The van der Waals surface area contributed by atoms with Gasteiger partial charge in [-0.05, 0) is 0 Å². The number of hydrogen-bond acceptors (Lipinski definition) is 5. The third kappa shape index (κ3) is 2.36. The average Bonchev–Trinajstić information content (AvgIpc) is 2.84. The number of carbonyl (C=O) groups excluding carboxylic acids is 1. The molecule has 0 fully saturated rings. The highest BCUT2D eigenvalue weighted by molar-refractivity contribution is 7.07. The van der Waals surface area contributed by atoms with E-state index in [0.717, 1.165) is 11.3 Å². The minimum atomic E-state index is -0.317. The predicted molar refractivity (Wildman–Crippen MR) is 63.7 cm³/mol. The maximum atomic E-state index is 11.7.